The van der Waals surface area contributed by atoms with Crippen molar-refractivity contribution in [2.24, 2.45) is 46.3 Å². The lowest BCUT2D eigenvalue weighted by Gasteiger charge is -2.61. The van der Waals surface area contributed by atoms with Gasteiger partial charge >= 0.3 is 35.8 Å². The summed E-state index contributed by atoms with van der Waals surface area (Å²) in [6.45, 7) is 4.92. The summed E-state index contributed by atoms with van der Waals surface area (Å²) in [6, 6.07) is 0. The van der Waals surface area contributed by atoms with Crippen LogP contribution in [0.25, 0.3) is 0 Å². The second kappa shape index (κ2) is 11.8. The quantitative estimate of drug-likeness (QED) is 0.200. The number of hydrogen-bond acceptors (Lipinski definition) is 5. The number of halogens is 13. The molecule has 0 aliphatic heterocycles. The van der Waals surface area contributed by atoms with Crippen LogP contribution in [-0.2, 0) is 4.79 Å². The minimum Gasteiger partial charge on any atom is -0.390 e. The minimum atomic E-state index is -8.05. The van der Waals surface area contributed by atoms with Gasteiger partial charge in [-0.05, 0) is 78.9 Å². The maximum absolute atomic E-state index is 14.5. The van der Waals surface area contributed by atoms with Crippen LogP contribution >= 0.6 is 0 Å². The molecule has 0 bridgehead atoms. The van der Waals surface area contributed by atoms with Gasteiger partial charge in [0.05, 0.1) is 24.4 Å². The number of carbonyl (C=O) groups is 1. The van der Waals surface area contributed by atoms with E-state index in [0.29, 0.717) is 19.3 Å². The van der Waals surface area contributed by atoms with Gasteiger partial charge in [-0.15, -0.1) is 0 Å². The number of alkyl halides is 13. The first-order valence-corrected chi connectivity index (χ1v) is 15.6. The van der Waals surface area contributed by atoms with Crippen molar-refractivity contribution in [3.05, 3.63) is 0 Å². The SMILES string of the molecule is C[C@H]([C@@H](O)[C@H](O)CC(F)(F)C(F)(F)C(F)(F)C(F)(F)C(F)(F)C(F)(F)F)[C@H]1CC[C@H]2[C@@H]3CC(=O)[C@H]4C[C@H](O)[C@H](O)C[C@]4(C)[C@H]3CC[C@]12C. The first-order valence-electron chi connectivity index (χ1n) is 15.6. The molecule has 0 amide bonds. The fraction of sp³-hybridized carbons (Fsp3) is 0.967. The highest BCUT2D eigenvalue weighted by atomic mass is 19.4. The summed E-state index contributed by atoms with van der Waals surface area (Å²) in [7, 11) is 0. The van der Waals surface area contributed by atoms with Crippen molar-refractivity contribution >= 4 is 5.78 Å². The first-order chi connectivity index (χ1) is 21.4. The van der Waals surface area contributed by atoms with Gasteiger partial charge in [0.25, 0.3) is 0 Å². The smallest absolute Gasteiger partial charge is 0.390 e. The van der Waals surface area contributed by atoms with Crippen molar-refractivity contribution in [2.45, 2.75) is 132 Å². The molecule has 280 valence electrons. The number of aliphatic hydroxyl groups excluding tert-OH is 4. The third-order valence-electron chi connectivity index (χ3n) is 12.6. The maximum atomic E-state index is 14.5. The van der Waals surface area contributed by atoms with Gasteiger partial charge in [-0.1, -0.05) is 20.8 Å². The molecule has 4 aliphatic rings. The zero-order valence-electron chi connectivity index (χ0n) is 26.0. The lowest BCUT2D eigenvalue weighted by atomic mass is 9.44. The summed E-state index contributed by atoms with van der Waals surface area (Å²) in [4.78, 5) is 13.3. The maximum Gasteiger partial charge on any atom is 0.460 e. The van der Waals surface area contributed by atoms with Gasteiger partial charge in [-0.25, -0.2) is 0 Å². The molecule has 0 unspecified atom stereocenters. The number of fused-ring (bicyclic) bond motifs is 5. The van der Waals surface area contributed by atoms with Gasteiger partial charge in [0, 0.05) is 18.8 Å². The third kappa shape index (κ3) is 5.46. The molecule has 0 saturated heterocycles. The molecule has 0 aromatic heterocycles. The number of hydrogen-bond donors (Lipinski definition) is 4. The molecule has 0 aromatic rings. The van der Waals surface area contributed by atoms with E-state index in [2.05, 4.69) is 0 Å². The summed E-state index contributed by atoms with van der Waals surface area (Å²) < 4.78 is 176. The lowest BCUT2D eigenvalue weighted by molar-refractivity contribution is -0.441. The zero-order valence-corrected chi connectivity index (χ0v) is 26.0. The third-order valence-corrected chi connectivity index (χ3v) is 12.6. The second-order valence-corrected chi connectivity index (χ2v) is 15.0. The predicted octanol–water partition coefficient (Wildman–Crippen LogP) is 6.64. The van der Waals surface area contributed by atoms with Gasteiger partial charge in [-0.2, -0.15) is 57.1 Å². The number of Topliss-reactive ketones (excluding diaryl/α,β-unsaturated/α-hetero) is 1. The van der Waals surface area contributed by atoms with Crippen molar-refractivity contribution in [2.75, 3.05) is 0 Å². The van der Waals surface area contributed by atoms with E-state index in [4.69, 9.17) is 0 Å². The Labute approximate surface area is 267 Å². The normalized spacial score (nSPS) is 38.9. The summed E-state index contributed by atoms with van der Waals surface area (Å²) in [5.41, 5.74) is -1.37. The van der Waals surface area contributed by atoms with Gasteiger partial charge in [-0.3, -0.25) is 4.79 Å². The van der Waals surface area contributed by atoms with Crippen LogP contribution in [0, 0.1) is 46.3 Å². The van der Waals surface area contributed by atoms with Crippen LogP contribution in [0.1, 0.15) is 72.1 Å². The van der Waals surface area contributed by atoms with E-state index < -0.39 is 95.2 Å². The summed E-state index contributed by atoms with van der Waals surface area (Å²) >= 11 is 0. The van der Waals surface area contributed by atoms with Crippen LogP contribution in [0.3, 0.4) is 0 Å². The van der Waals surface area contributed by atoms with Crippen molar-refractivity contribution < 1.29 is 82.3 Å². The highest BCUT2D eigenvalue weighted by molar-refractivity contribution is 5.83. The Morgan fingerprint density at radius 2 is 1.27 bits per heavy atom. The monoisotopic (exact) mass is 726 g/mol. The molecule has 4 fully saturated rings. The summed E-state index contributed by atoms with van der Waals surface area (Å²) in [6.07, 6.45) is -15.9. The Kier molecular flexibility index (Phi) is 9.70. The van der Waals surface area contributed by atoms with E-state index in [1.807, 2.05) is 6.92 Å². The number of ketones is 1. The van der Waals surface area contributed by atoms with Crippen molar-refractivity contribution in [3.63, 3.8) is 0 Å². The number of rotatable bonds is 9. The summed E-state index contributed by atoms with van der Waals surface area (Å²) in [5.74, 6) is -40.9. The Bertz CT molecular complexity index is 1230. The standard InChI is InChI=1S/C30H39F13O5/c1-12(22(48)21(47)11-25(31,32)26(33,34)27(35,36)28(37,38)29(39,40)30(41,42)43)14-4-5-15-13-8-18(44)17-9-19(45)20(46)10-24(17,3)16(13)6-7-23(14,15)2/h12-17,19-22,45-48H,4-11H2,1-3H3/t12-,13-,14+,15-,16-,17+,19-,20+,21+,22+,23+,24+/m0/s1. The summed E-state index contributed by atoms with van der Waals surface area (Å²) in [5, 5.41) is 41.7. The highest BCUT2D eigenvalue weighted by Gasteiger charge is 2.90. The molecule has 18 heteroatoms. The van der Waals surface area contributed by atoms with Gasteiger partial charge < -0.3 is 20.4 Å². The van der Waals surface area contributed by atoms with E-state index in [1.165, 1.54) is 6.92 Å². The van der Waals surface area contributed by atoms with Crippen LogP contribution in [0.5, 0.6) is 0 Å². The van der Waals surface area contributed by atoms with Crippen LogP contribution in [-0.4, -0.2) is 86.4 Å². The largest absolute Gasteiger partial charge is 0.460 e. The van der Waals surface area contributed by atoms with Crippen molar-refractivity contribution in [3.8, 4) is 0 Å². The zero-order chi connectivity index (χ0) is 37.0. The fourth-order valence-electron chi connectivity index (χ4n) is 9.88. The second-order valence-electron chi connectivity index (χ2n) is 15.0. The van der Waals surface area contributed by atoms with Crippen molar-refractivity contribution in [1.29, 1.82) is 0 Å². The Balaban J connectivity index is 1.52. The molecule has 0 spiro atoms. The molecule has 0 radical (unpaired) electrons. The fourth-order valence-corrected chi connectivity index (χ4v) is 9.88. The molecule has 4 N–H and O–H groups in total. The molecular formula is C30H39F13O5. The first kappa shape index (κ1) is 39.4. The van der Waals surface area contributed by atoms with E-state index in [0.717, 1.165) is 0 Å². The molecule has 4 aliphatic carbocycles. The molecule has 5 nitrogen and oxygen atoms in total. The molecule has 12 atom stereocenters. The van der Waals surface area contributed by atoms with E-state index in [-0.39, 0.29) is 49.2 Å². The van der Waals surface area contributed by atoms with Crippen LogP contribution in [0.15, 0.2) is 0 Å². The predicted molar refractivity (Wildman–Crippen MR) is 140 cm³/mol. The van der Waals surface area contributed by atoms with Crippen LogP contribution in [0.2, 0.25) is 0 Å². The average Bonchev–Trinajstić information content (AvgIpc) is 3.29. The highest BCUT2D eigenvalue weighted by Crippen LogP contribution is 2.68. The van der Waals surface area contributed by atoms with Crippen molar-refractivity contribution in [1.82, 2.24) is 0 Å². The molecule has 4 rings (SSSR count). The number of carbonyl (C=O) groups excluding carboxylic acids is 1. The minimum absolute atomic E-state index is 0.0598. The molecular weight excluding hydrogens is 687 g/mol. The van der Waals surface area contributed by atoms with Gasteiger partial charge in [0.15, 0.2) is 0 Å². The Hall–Kier alpha value is -1.40. The Morgan fingerprint density at radius 3 is 1.81 bits per heavy atom. The molecule has 48 heavy (non-hydrogen) atoms. The van der Waals surface area contributed by atoms with Crippen LogP contribution in [0.4, 0.5) is 57.1 Å². The lowest BCUT2D eigenvalue weighted by Crippen LogP contribution is -2.70. The van der Waals surface area contributed by atoms with Crippen LogP contribution < -0.4 is 0 Å². The van der Waals surface area contributed by atoms with Gasteiger partial charge in [0.2, 0.25) is 0 Å². The van der Waals surface area contributed by atoms with E-state index >= 15 is 0 Å². The Morgan fingerprint density at radius 1 is 0.750 bits per heavy atom. The van der Waals surface area contributed by atoms with E-state index in [1.54, 1.807) is 6.92 Å². The van der Waals surface area contributed by atoms with E-state index in [9.17, 15) is 82.3 Å². The molecule has 0 heterocycles. The average molecular weight is 727 g/mol. The molecule has 0 aromatic carbocycles. The number of aliphatic hydroxyl groups is 4. The molecule has 4 saturated carbocycles. The topological polar surface area (TPSA) is 98.0 Å². The van der Waals surface area contributed by atoms with Gasteiger partial charge in [0.1, 0.15) is 5.78 Å².